The first-order chi connectivity index (χ1) is 12.8. The number of pyridine rings is 1. The van der Waals surface area contributed by atoms with Gasteiger partial charge in [0.1, 0.15) is 11.6 Å². The van der Waals surface area contributed by atoms with Crippen molar-refractivity contribution in [3.63, 3.8) is 0 Å². The molecule has 1 N–H and O–H groups in total. The molecule has 1 unspecified atom stereocenters. The molecule has 2 aliphatic heterocycles. The van der Waals surface area contributed by atoms with Crippen LogP contribution in [0.5, 0.6) is 5.75 Å². The van der Waals surface area contributed by atoms with Gasteiger partial charge in [0.2, 0.25) is 0 Å². The van der Waals surface area contributed by atoms with Gasteiger partial charge in [-0.15, -0.1) is 0 Å². The molecule has 4 rings (SSSR count). The average molecular weight is 352 g/mol. The van der Waals surface area contributed by atoms with E-state index in [1.54, 1.807) is 6.07 Å². The van der Waals surface area contributed by atoms with Gasteiger partial charge in [-0.3, -0.25) is 9.69 Å². The number of anilines is 1. The van der Waals surface area contributed by atoms with Crippen molar-refractivity contribution in [1.82, 2.24) is 15.2 Å². The highest BCUT2D eigenvalue weighted by Crippen LogP contribution is 2.24. The second kappa shape index (κ2) is 7.74. The lowest BCUT2D eigenvalue weighted by Gasteiger charge is -2.35. The van der Waals surface area contributed by atoms with Crippen molar-refractivity contribution in [2.75, 3.05) is 37.6 Å². The van der Waals surface area contributed by atoms with Gasteiger partial charge in [0.25, 0.3) is 5.91 Å². The van der Waals surface area contributed by atoms with E-state index in [1.165, 1.54) is 0 Å². The Hall–Kier alpha value is -2.60. The van der Waals surface area contributed by atoms with Crippen LogP contribution in [0.3, 0.4) is 0 Å². The van der Waals surface area contributed by atoms with Crippen molar-refractivity contribution in [3.05, 3.63) is 54.2 Å². The molecular weight excluding hydrogens is 328 g/mol. The highest BCUT2D eigenvalue weighted by molar-refractivity contribution is 5.97. The second-order valence-corrected chi connectivity index (χ2v) is 6.73. The molecule has 2 aromatic rings. The van der Waals surface area contributed by atoms with E-state index in [9.17, 15) is 4.79 Å². The van der Waals surface area contributed by atoms with Gasteiger partial charge in [0, 0.05) is 38.8 Å². The SMILES string of the molecule is O=C1NC(CCCN2CCN(c3ccccn3)CC2)Oc2ccccc21. The molecular formula is C20H24N4O2. The summed E-state index contributed by atoms with van der Waals surface area (Å²) < 4.78 is 5.90. The van der Waals surface area contributed by atoms with Crippen LogP contribution in [0.1, 0.15) is 23.2 Å². The molecule has 1 aromatic heterocycles. The summed E-state index contributed by atoms with van der Waals surface area (Å²) in [6, 6.07) is 13.5. The Morgan fingerprint density at radius 2 is 1.88 bits per heavy atom. The first-order valence-electron chi connectivity index (χ1n) is 9.24. The molecule has 1 atom stereocenters. The largest absolute Gasteiger partial charge is 0.470 e. The van der Waals surface area contributed by atoms with E-state index in [4.69, 9.17) is 4.74 Å². The Labute approximate surface area is 153 Å². The van der Waals surface area contributed by atoms with Crippen molar-refractivity contribution in [2.45, 2.75) is 19.1 Å². The number of nitrogens with zero attached hydrogens (tertiary/aromatic N) is 3. The molecule has 0 spiro atoms. The number of carbonyl (C=O) groups is 1. The third kappa shape index (κ3) is 3.80. The van der Waals surface area contributed by atoms with E-state index in [1.807, 2.05) is 36.5 Å². The number of nitrogens with one attached hydrogen (secondary N) is 1. The van der Waals surface area contributed by atoms with Gasteiger partial charge in [0.05, 0.1) is 5.56 Å². The fourth-order valence-corrected chi connectivity index (χ4v) is 3.54. The Balaban J connectivity index is 1.21. The number of ether oxygens (including phenoxy) is 1. The summed E-state index contributed by atoms with van der Waals surface area (Å²) in [5, 5.41) is 2.94. The second-order valence-electron chi connectivity index (χ2n) is 6.73. The standard InChI is InChI=1S/C20H24N4O2/c25-20-16-6-1-2-7-17(16)26-19(22-20)9-5-11-23-12-14-24(15-13-23)18-8-3-4-10-21-18/h1-4,6-8,10,19H,5,9,11-15H2,(H,22,25). The molecule has 0 saturated carbocycles. The van der Waals surface area contributed by atoms with Gasteiger partial charge in [-0.1, -0.05) is 18.2 Å². The summed E-state index contributed by atoms with van der Waals surface area (Å²) in [6.07, 6.45) is 3.43. The maximum atomic E-state index is 12.1. The summed E-state index contributed by atoms with van der Waals surface area (Å²) >= 11 is 0. The molecule has 0 radical (unpaired) electrons. The predicted octanol–water partition coefficient (Wildman–Crippen LogP) is 2.13. The van der Waals surface area contributed by atoms with E-state index in [2.05, 4.69) is 26.2 Å². The molecule has 6 nitrogen and oxygen atoms in total. The van der Waals surface area contributed by atoms with E-state index >= 15 is 0 Å². The number of hydrogen-bond donors (Lipinski definition) is 1. The molecule has 0 aliphatic carbocycles. The van der Waals surface area contributed by atoms with Crippen molar-refractivity contribution in [1.29, 1.82) is 0 Å². The third-order valence-electron chi connectivity index (χ3n) is 4.98. The quantitative estimate of drug-likeness (QED) is 0.893. The number of aromatic nitrogens is 1. The molecule has 3 heterocycles. The Morgan fingerprint density at radius 1 is 1.08 bits per heavy atom. The topological polar surface area (TPSA) is 57.7 Å². The molecule has 1 aromatic carbocycles. The molecule has 6 heteroatoms. The number of piperazine rings is 1. The average Bonchev–Trinajstić information content (AvgIpc) is 2.69. The summed E-state index contributed by atoms with van der Waals surface area (Å²) in [6.45, 7) is 5.10. The minimum atomic E-state index is -0.229. The molecule has 136 valence electrons. The molecule has 1 saturated heterocycles. The number of benzene rings is 1. The first-order valence-corrected chi connectivity index (χ1v) is 9.24. The predicted molar refractivity (Wildman–Crippen MR) is 100 cm³/mol. The van der Waals surface area contributed by atoms with Gasteiger partial charge in [0.15, 0.2) is 6.23 Å². The number of rotatable bonds is 5. The van der Waals surface area contributed by atoms with E-state index in [0.29, 0.717) is 11.3 Å². The maximum Gasteiger partial charge on any atom is 0.257 e. The Bertz CT molecular complexity index is 744. The zero-order chi connectivity index (χ0) is 17.8. The normalized spacial score (nSPS) is 20.2. The van der Waals surface area contributed by atoms with E-state index in [0.717, 1.165) is 51.4 Å². The van der Waals surface area contributed by atoms with Crippen molar-refractivity contribution >= 4 is 11.7 Å². The summed E-state index contributed by atoms with van der Waals surface area (Å²) in [5.41, 5.74) is 0.620. The number of hydrogen-bond acceptors (Lipinski definition) is 5. The summed E-state index contributed by atoms with van der Waals surface area (Å²) in [7, 11) is 0. The minimum absolute atomic E-state index is 0.0409. The van der Waals surface area contributed by atoms with Crippen LogP contribution >= 0.6 is 0 Å². The van der Waals surface area contributed by atoms with Gasteiger partial charge < -0.3 is 15.0 Å². The first kappa shape index (κ1) is 16.8. The summed E-state index contributed by atoms with van der Waals surface area (Å²) in [5.74, 6) is 1.70. The molecule has 1 amide bonds. The monoisotopic (exact) mass is 352 g/mol. The van der Waals surface area contributed by atoms with Crippen LogP contribution in [0.2, 0.25) is 0 Å². The smallest absolute Gasteiger partial charge is 0.257 e. The lowest BCUT2D eigenvalue weighted by atomic mass is 10.1. The zero-order valence-corrected chi connectivity index (χ0v) is 14.8. The molecule has 1 fully saturated rings. The number of carbonyl (C=O) groups excluding carboxylic acids is 1. The highest BCUT2D eigenvalue weighted by atomic mass is 16.5. The van der Waals surface area contributed by atoms with Crippen molar-refractivity contribution in [3.8, 4) is 5.75 Å². The van der Waals surface area contributed by atoms with Crippen LogP contribution in [0.15, 0.2) is 48.7 Å². The number of fused-ring (bicyclic) bond motifs is 1. The highest BCUT2D eigenvalue weighted by Gasteiger charge is 2.25. The Morgan fingerprint density at radius 3 is 2.69 bits per heavy atom. The molecule has 0 bridgehead atoms. The molecule has 2 aliphatic rings. The van der Waals surface area contributed by atoms with Gasteiger partial charge in [-0.2, -0.15) is 0 Å². The van der Waals surface area contributed by atoms with E-state index in [-0.39, 0.29) is 12.1 Å². The van der Waals surface area contributed by atoms with Crippen LogP contribution in [0.4, 0.5) is 5.82 Å². The van der Waals surface area contributed by atoms with Gasteiger partial charge in [-0.05, 0) is 37.2 Å². The van der Waals surface area contributed by atoms with Crippen molar-refractivity contribution in [2.24, 2.45) is 0 Å². The van der Waals surface area contributed by atoms with Crippen LogP contribution in [-0.4, -0.2) is 54.7 Å². The van der Waals surface area contributed by atoms with Gasteiger partial charge >= 0.3 is 0 Å². The zero-order valence-electron chi connectivity index (χ0n) is 14.8. The lowest BCUT2D eigenvalue weighted by Crippen LogP contribution is -2.47. The fourth-order valence-electron chi connectivity index (χ4n) is 3.54. The maximum absolute atomic E-state index is 12.1. The Kier molecular flexibility index (Phi) is 5.02. The minimum Gasteiger partial charge on any atom is -0.470 e. The van der Waals surface area contributed by atoms with Crippen LogP contribution in [0, 0.1) is 0 Å². The molecule has 26 heavy (non-hydrogen) atoms. The number of amides is 1. The van der Waals surface area contributed by atoms with Gasteiger partial charge in [-0.25, -0.2) is 4.98 Å². The van der Waals surface area contributed by atoms with Crippen molar-refractivity contribution < 1.29 is 9.53 Å². The van der Waals surface area contributed by atoms with Crippen LogP contribution < -0.4 is 15.0 Å². The fraction of sp³-hybridized carbons (Fsp3) is 0.400. The number of para-hydroxylation sites is 1. The third-order valence-corrected chi connectivity index (χ3v) is 4.98. The van der Waals surface area contributed by atoms with Crippen LogP contribution in [0.25, 0.3) is 0 Å². The van der Waals surface area contributed by atoms with Crippen LogP contribution in [-0.2, 0) is 0 Å². The summed E-state index contributed by atoms with van der Waals surface area (Å²) in [4.78, 5) is 21.3. The van der Waals surface area contributed by atoms with E-state index < -0.39 is 0 Å². The lowest BCUT2D eigenvalue weighted by molar-refractivity contribution is 0.0727.